The lowest BCUT2D eigenvalue weighted by Crippen LogP contribution is -2.44. The highest BCUT2D eigenvalue weighted by Gasteiger charge is 2.28. The van der Waals surface area contributed by atoms with Gasteiger partial charge in [0.25, 0.3) is 0 Å². The van der Waals surface area contributed by atoms with Crippen molar-refractivity contribution in [2.75, 3.05) is 6.61 Å². The summed E-state index contributed by atoms with van der Waals surface area (Å²) >= 11 is 9.80. The lowest BCUT2D eigenvalue weighted by molar-refractivity contribution is -0.145. The first kappa shape index (κ1) is 20.6. The molecule has 13 heteroatoms. The van der Waals surface area contributed by atoms with E-state index in [2.05, 4.69) is 4.74 Å². The van der Waals surface area contributed by atoms with E-state index < -0.39 is 35.3 Å². The number of ether oxygens (including phenoxy) is 2. The van der Waals surface area contributed by atoms with Crippen molar-refractivity contribution in [3.63, 3.8) is 0 Å². The molecule has 3 N–H and O–H groups in total. The van der Waals surface area contributed by atoms with Gasteiger partial charge >= 0.3 is 18.2 Å². The highest BCUT2D eigenvalue weighted by molar-refractivity contribution is 7.79. The van der Waals surface area contributed by atoms with Crippen LogP contribution < -0.4 is 11.1 Å². The Balaban J connectivity index is 3.09. The first-order valence-electron chi connectivity index (χ1n) is 6.17. The maximum absolute atomic E-state index is 11.9. The van der Waals surface area contributed by atoms with Crippen molar-refractivity contribution >= 4 is 63.8 Å². The molecule has 2 unspecified atom stereocenters. The van der Waals surface area contributed by atoms with Crippen LogP contribution >= 0.6 is 34.5 Å². The molecule has 0 saturated carbocycles. The molecule has 0 bridgehead atoms. The third-order valence-corrected chi connectivity index (χ3v) is 5.21. The van der Waals surface area contributed by atoms with Crippen LogP contribution in [-0.2, 0) is 31.8 Å². The molecular formula is C11H11Cl2N2O7S2-. The lowest BCUT2D eigenvalue weighted by atomic mass is 10.1. The van der Waals surface area contributed by atoms with Gasteiger partial charge in [-0.2, -0.15) is 0 Å². The van der Waals surface area contributed by atoms with Crippen molar-refractivity contribution in [1.29, 1.82) is 0 Å². The molecule has 0 fully saturated rings. The standard InChI is InChI=1S/C11H12Cl2N2O7S2/c1-2-21-9(16)5(15-11(18)22-10(14)17)3-4-6(24(19)20)8(13)23-7(4)12/h5H,2-3H2,1H3,(H2,14,17)(H,15,18)(H,19,20)/p-1. The molecule has 0 aliphatic rings. The van der Waals surface area contributed by atoms with E-state index in [9.17, 15) is 23.1 Å². The van der Waals surface area contributed by atoms with Gasteiger partial charge in [0.05, 0.1) is 15.8 Å². The van der Waals surface area contributed by atoms with Gasteiger partial charge in [0, 0.05) is 12.0 Å². The fraction of sp³-hybridized carbons (Fsp3) is 0.364. The zero-order valence-corrected chi connectivity index (χ0v) is 15.1. The summed E-state index contributed by atoms with van der Waals surface area (Å²) < 4.78 is 31.3. The zero-order valence-electron chi connectivity index (χ0n) is 12.0. The molecular weight excluding hydrogens is 407 g/mol. The van der Waals surface area contributed by atoms with Crippen LogP contribution in [-0.4, -0.2) is 39.6 Å². The predicted octanol–water partition coefficient (Wildman–Crippen LogP) is 1.57. The summed E-state index contributed by atoms with van der Waals surface area (Å²) in [6.45, 7) is 1.53. The number of thiophene rings is 1. The normalized spacial score (nSPS) is 13.0. The summed E-state index contributed by atoms with van der Waals surface area (Å²) in [5.74, 6) is -0.889. The minimum absolute atomic E-state index is 0.000346. The molecule has 1 aromatic rings. The van der Waals surface area contributed by atoms with E-state index in [1.807, 2.05) is 5.32 Å². The zero-order chi connectivity index (χ0) is 18.4. The van der Waals surface area contributed by atoms with Crippen molar-refractivity contribution in [2.45, 2.75) is 24.3 Å². The quantitative estimate of drug-likeness (QED) is 0.405. The van der Waals surface area contributed by atoms with Crippen molar-refractivity contribution in [1.82, 2.24) is 5.32 Å². The van der Waals surface area contributed by atoms with Crippen LogP contribution in [0, 0.1) is 0 Å². The van der Waals surface area contributed by atoms with Gasteiger partial charge in [0.2, 0.25) is 0 Å². The Hall–Kier alpha value is -1.40. The third kappa shape index (κ3) is 5.60. The van der Waals surface area contributed by atoms with E-state index in [1.54, 1.807) is 0 Å². The number of nitrogens with one attached hydrogen (secondary N) is 1. The first-order valence-corrected chi connectivity index (χ1v) is 8.82. The van der Waals surface area contributed by atoms with E-state index in [0.717, 1.165) is 11.3 Å². The minimum Gasteiger partial charge on any atom is -0.768 e. The fourth-order valence-corrected chi connectivity index (χ4v) is 4.34. The molecule has 1 rings (SSSR count). The second-order valence-electron chi connectivity index (χ2n) is 4.05. The van der Waals surface area contributed by atoms with Gasteiger partial charge in [-0.05, 0) is 18.0 Å². The first-order chi connectivity index (χ1) is 11.2. The van der Waals surface area contributed by atoms with E-state index in [4.69, 9.17) is 33.7 Å². The van der Waals surface area contributed by atoms with Gasteiger partial charge < -0.3 is 25.1 Å². The van der Waals surface area contributed by atoms with Gasteiger partial charge in [-0.1, -0.05) is 23.2 Å². The molecule has 2 atom stereocenters. The van der Waals surface area contributed by atoms with Crippen LogP contribution in [0.5, 0.6) is 0 Å². The van der Waals surface area contributed by atoms with Crippen molar-refractivity contribution < 1.29 is 32.6 Å². The summed E-state index contributed by atoms with van der Waals surface area (Å²) in [7, 11) is 0. The number of carbonyl (C=O) groups excluding carboxylic acids is 3. The Morgan fingerprint density at radius 2 is 2.00 bits per heavy atom. The van der Waals surface area contributed by atoms with E-state index in [-0.39, 0.29) is 32.2 Å². The Labute approximate surface area is 152 Å². The predicted molar refractivity (Wildman–Crippen MR) is 84.8 cm³/mol. The maximum atomic E-state index is 11.9. The topological polar surface area (TPSA) is 148 Å². The molecule has 134 valence electrons. The van der Waals surface area contributed by atoms with E-state index >= 15 is 0 Å². The number of amides is 2. The van der Waals surface area contributed by atoms with Crippen LogP contribution in [0.2, 0.25) is 8.67 Å². The number of rotatable bonds is 6. The van der Waals surface area contributed by atoms with Crippen LogP contribution in [0.25, 0.3) is 0 Å². The number of nitrogens with two attached hydrogens (primary N) is 1. The second kappa shape index (κ2) is 9.18. The largest absolute Gasteiger partial charge is 0.768 e. The minimum atomic E-state index is -2.71. The van der Waals surface area contributed by atoms with Gasteiger partial charge in [-0.15, -0.1) is 11.3 Å². The van der Waals surface area contributed by atoms with Gasteiger partial charge in [-0.3, -0.25) is 4.21 Å². The summed E-state index contributed by atoms with van der Waals surface area (Å²) in [6, 6.07) is -1.37. The highest BCUT2D eigenvalue weighted by atomic mass is 35.5. The highest BCUT2D eigenvalue weighted by Crippen LogP contribution is 2.39. The smallest absolute Gasteiger partial charge is 0.416 e. The summed E-state index contributed by atoms with van der Waals surface area (Å²) in [6.07, 6.45) is -3.03. The number of halogens is 2. The Bertz CT molecular complexity index is 680. The van der Waals surface area contributed by atoms with E-state index in [1.165, 1.54) is 6.92 Å². The average Bonchev–Trinajstić information content (AvgIpc) is 2.71. The number of hydrogen-bond acceptors (Lipinski definition) is 8. The Morgan fingerprint density at radius 1 is 1.38 bits per heavy atom. The summed E-state index contributed by atoms with van der Waals surface area (Å²) in [5, 5.41) is 2.05. The second-order valence-corrected chi connectivity index (χ2v) is 7.16. The molecule has 0 saturated heterocycles. The van der Waals surface area contributed by atoms with Crippen molar-refractivity contribution in [3.8, 4) is 0 Å². The molecule has 2 amide bonds. The Kier molecular flexibility index (Phi) is 7.90. The molecule has 24 heavy (non-hydrogen) atoms. The summed E-state index contributed by atoms with van der Waals surface area (Å²) in [5.41, 5.74) is 4.72. The monoisotopic (exact) mass is 417 g/mol. The fourth-order valence-electron chi connectivity index (χ4n) is 1.64. The van der Waals surface area contributed by atoms with Crippen LogP contribution in [0.15, 0.2) is 4.90 Å². The van der Waals surface area contributed by atoms with Gasteiger partial charge in [0.15, 0.2) is 0 Å². The molecule has 0 aromatic carbocycles. The Morgan fingerprint density at radius 3 is 2.50 bits per heavy atom. The number of primary amides is 1. The lowest BCUT2D eigenvalue weighted by Gasteiger charge is -2.17. The van der Waals surface area contributed by atoms with E-state index in [0.29, 0.717) is 0 Å². The van der Waals surface area contributed by atoms with Crippen molar-refractivity contribution in [2.24, 2.45) is 5.73 Å². The molecule has 0 aliphatic carbocycles. The molecule has 0 radical (unpaired) electrons. The molecule has 9 nitrogen and oxygen atoms in total. The number of esters is 1. The average molecular weight is 418 g/mol. The van der Waals surface area contributed by atoms with Gasteiger partial charge in [-0.25, -0.2) is 14.4 Å². The molecule has 1 heterocycles. The SMILES string of the molecule is CCOC(=O)C(Cc1c(Cl)sc(Cl)c1S(=O)[O-])NC(=O)OC(N)=O. The van der Waals surface area contributed by atoms with Crippen LogP contribution in [0.4, 0.5) is 9.59 Å². The van der Waals surface area contributed by atoms with Gasteiger partial charge in [0.1, 0.15) is 10.4 Å². The van der Waals surface area contributed by atoms with Crippen molar-refractivity contribution in [3.05, 3.63) is 14.2 Å². The van der Waals surface area contributed by atoms with Crippen LogP contribution in [0.3, 0.4) is 0 Å². The molecule has 1 aromatic heterocycles. The maximum Gasteiger partial charge on any atom is 0.416 e. The van der Waals surface area contributed by atoms with Crippen LogP contribution in [0.1, 0.15) is 12.5 Å². The number of carbonyl (C=O) groups is 3. The molecule has 0 aliphatic heterocycles. The third-order valence-electron chi connectivity index (χ3n) is 2.50. The number of alkyl carbamates (subject to hydrolysis) is 1. The summed E-state index contributed by atoms with van der Waals surface area (Å²) in [4.78, 5) is 33.6. The molecule has 0 spiro atoms. The number of hydrogen-bond donors (Lipinski definition) is 2.